The number of hydrogen-bond donors (Lipinski definition) is 0. The first-order valence-corrected chi connectivity index (χ1v) is 27.9. The van der Waals surface area contributed by atoms with E-state index in [1.807, 2.05) is 0 Å². The van der Waals surface area contributed by atoms with Crippen LogP contribution < -0.4 is 0 Å². The Morgan fingerprint density at radius 3 is 1.10 bits per heavy atom. The quantitative estimate of drug-likeness (QED) is 0.0346. The first-order valence-electron chi connectivity index (χ1n) is 27.9. The molecule has 0 N–H and O–H groups in total. The second-order valence-corrected chi connectivity index (χ2v) is 18.9. The van der Waals surface area contributed by atoms with Crippen molar-refractivity contribution in [3.05, 3.63) is 24.3 Å². The van der Waals surface area contributed by atoms with Gasteiger partial charge in [0.1, 0.15) is 6.61 Å². The number of esters is 2. The molecule has 0 aliphatic carbocycles. The molecule has 62 heavy (non-hydrogen) atoms. The molecule has 0 aliphatic heterocycles. The van der Waals surface area contributed by atoms with Gasteiger partial charge in [-0.1, -0.05) is 263 Å². The van der Waals surface area contributed by atoms with Crippen LogP contribution in [0.15, 0.2) is 24.3 Å². The molecule has 0 radical (unpaired) electrons. The van der Waals surface area contributed by atoms with Crippen molar-refractivity contribution in [3.8, 4) is 0 Å². The molecule has 5 nitrogen and oxygen atoms in total. The second-order valence-electron chi connectivity index (χ2n) is 18.9. The van der Waals surface area contributed by atoms with Crippen molar-refractivity contribution >= 4 is 11.9 Å². The van der Waals surface area contributed by atoms with Gasteiger partial charge in [0.2, 0.25) is 0 Å². The minimum atomic E-state index is -0.531. The molecule has 0 aromatic heterocycles. The van der Waals surface area contributed by atoms with E-state index >= 15 is 0 Å². The van der Waals surface area contributed by atoms with Gasteiger partial charge in [-0.25, -0.2) is 0 Å². The summed E-state index contributed by atoms with van der Waals surface area (Å²) in [5, 5.41) is 0. The molecule has 1 atom stereocenters. The zero-order chi connectivity index (χ0) is 44.9. The van der Waals surface area contributed by atoms with Gasteiger partial charge >= 0.3 is 11.9 Å². The third kappa shape index (κ3) is 51.0. The van der Waals surface area contributed by atoms with Gasteiger partial charge in [0.05, 0.1) is 6.61 Å². The summed E-state index contributed by atoms with van der Waals surface area (Å²) in [7, 11) is 0. The second kappa shape index (κ2) is 53.7. The fourth-order valence-corrected chi connectivity index (χ4v) is 8.31. The molecule has 0 aromatic rings. The minimum absolute atomic E-state index is 0.0907. The van der Waals surface area contributed by atoms with Crippen LogP contribution in [0.2, 0.25) is 0 Å². The van der Waals surface area contributed by atoms with Crippen molar-refractivity contribution in [2.24, 2.45) is 0 Å². The van der Waals surface area contributed by atoms with E-state index in [0.29, 0.717) is 26.1 Å². The highest BCUT2D eigenvalue weighted by atomic mass is 16.6. The van der Waals surface area contributed by atoms with Crippen LogP contribution in [0, 0.1) is 0 Å². The van der Waals surface area contributed by atoms with Crippen molar-refractivity contribution in [2.75, 3.05) is 19.8 Å². The lowest BCUT2D eigenvalue weighted by Crippen LogP contribution is -2.30. The van der Waals surface area contributed by atoms with Gasteiger partial charge in [-0.3, -0.25) is 9.59 Å². The Labute approximate surface area is 387 Å². The summed E-state index contributed by atoms with van der Waals surface area (Å²) in [6.45, 7) is 7.84. The van der Waals surface area contributed by atoms with Gasteiger partial charge in [-0.05, 0) is 51.4 Å². The van der Waals surface area contributed by atoms with Crippen molar-refractivity contribution in [1.29, 1.82) is 0 Å². The largest absolute Gasteiger partial charge is 0.462 e. The van der Waals surface area contributed by atoms with E-state index in [0.717, 1.165) is 44.9 Å². The molecule has 366 valence electrons. The molecule has 0 rings (SSSR count). The molecule has 0 aromatic carbocycles. The lowest BCUT2D eigenvalue weighted by molar-refractivity contribution is -0.163. The van der Waals surface area contributed by atoms with Crippen molar-refractivity contribution in [2.45, 2.75) is 309 Å². The Hall–Kier alpha value is -1.62. The predicted molar refractivity (Wildman–Crippen MR) is 270 cm³/mol. The lowest BCUT2D eigenvalue weighted by atomic mass is 10.0. The maximum atomic E-state index is 12.8. The normalized spacial score (nSPS) is 12.2. The van der Waals surface area contributed by atoms with E-state index in [1.54, 1.807) is 0 Å². The molecule has 0 amide bonds. The average Bonchev–Trinajstić information content (AvgIpc) is 3.27. The maximum Gasteiger partial charge on any atom is 0.306 e. The highest BCUT2D eigenvalue weighted by molar-refractivity contribution is 5.70. The number of carbonyl (C=O) groups excluding carboxylic acids is 2. The lowest BCUT2D eigenvalue weighted by Gasteiger charge is -2.18. The molecule has 5 heteroatoms. The van der Waals surface area contributed by atoms with E-state index < -0.39 is 6.10 Å². The third-order valence-corrected chi connectivity index (χ3v) is 12.5. The molecule has 0 saturated heterocycles. The number of allylic oxidation sites excluding steroid dienone is 4. The smallest absolute Gasteiger partial charge is 0.306 e. The molecular formula is C57H108O5. The SMILES string of the molecule is CCCCC/C=C\C/C=C\CCCCCCCCCCOCC(COC(=O)CCCCCCCCCCCCCCCCCCCCC)OC(=O)CCCCCCCCCCC. The Kier molecular flexibility index (Phi) is 52.3. The highest BCUT2D eigenvalue weighted by Gasteiger charge is 2.17. The maximum absolute atomic E-state index is 12.8. The summed E-state index contributed by atoms with van der Waals surface area (Å²) >= 11 is 0. The van der Waals surface area contributed by atoms with Gasteiger partial charge in [0.25, 0.3) is 0 Å². The molecule has 1 unspecified atom stereocenters. The van der Waals surface area contributed by atoms with Crippen LogP contribution in [0.25, 0.3) is 0 Å². The molecule has 0 fully saturated rings. The molecule has 0 bridgehead atoms. The summed E-state index contributed by atoms with van der Waals surface area (Å²) in [5.41, 5.74) is 0. The fourth-order valence-electron chi connectivity index (χ4n) is 8.31. The van der Waals surface area contributed by atoms with Crippen LogP contribution in [-0.2, 0) is 23.8 Å². The van der Waals surface area contributed by atoms with Crippen LogP contribution in [0.3, 0.4) is 0 Å². The number of rotatable bonds is 52. The number of carbonyl (C=O) groups is 2. The summed E-state index contributed by atoms with van der Waals surface area (Å²) in [6, 6.07) is 0. The number of hydrogen-bond acceptors (Lipinski definition) is 5. The first-order chi connectivity index (χ1) is 30.6. The van der Waals surface area contributed by atoms with E-state index in [-0.39, 0.29) is 18.5 Å². The summed E-state index contributed by atoms with van der Waals surface area (Å²) in [5.74, 6) is -0.382. The van der Waals surface area contributed by atoms with Gasteiger partial charge < -0.3 is 14.2 Å². The predicted octanol–water partition coefficient (Wildman–Crippen LogP) is 18.8. The van der Waals surface area contributed by atoms with Gasteiger partial charge in [0.15, 0.2) is 6.10 Å². The number of unbranched alkanes of at least 4 members (excludes halogenated alkanes) is 37. The highest BCUT2D eigenvalue weighted by Crippen LogP contribution is 2.16. The topological polar surface area (TPSA) is 61.8 Å². The molecule has 0 spiro atoms. The Bertz CT molecular complexity index is 943. The fraction of sp³-hybridized carbons (Fsp3) is 0.895. The van der Waals surface area contributed by atoms with E-state index in [1.165, 1.54) is 225 Å². The van der Waals surface area contributed by atoms with Crippen LogP contribution in [-0.4, -0.2) is 37.9 Å². The van der Waals surface area contributed by atoms with Gasteiger partial charge in [0, 0.05) is 19.4 Å². The monoisotopic (exact) mass is 873 g/mol. The standard InChI is InChI=1S/C57H108O5/c1-4-7-10-13-16-19-21-23-25-27-29-30-32-34-36-39-41-44-47-50-56(58)61-54-55(62-57(59)51-48-45-42-38-18-15-12-9-6-3)53-60-52-49-46-43-40-37-35-33-31-28-26-24-22-20-17-14-11-8-5-2/h17,20,24,26,55H,4-16,18-19,21-23,25,27-54H2,1-3H3/b20-17-,26-24-. The van der Waals surface area contributed by atoms with Crippen molar-refractivity contribution in [1.82, 2.24) is 0 Å². The summed E-state index contributed by atoms with van der Waals surface area (Å²) < 4.78 is 17.4. The molecular weight excluding hydrogens is 765 g/mol. The van der Waals surface area contributed by atoms with Crippen LogP contribution in [0.5, 0.6) is 0 Å². The van der Waals surface area contributed by atoms with E-state index in [2.05, 4.69) is 45.1 Å². The van der Waals surface area contributed by atoms with Crippen LogP contribution in [0.4, 0.5) is 0 Å². The van der Waals surface area contributed by atoms with Crippen molar-refractivity contribution in [3.63, 3.8) is 0 Å². The summed E-state index contributed by atoms with van der Waals surface area (Å²) in [6.07, 6.45) is 63.4. The molecule has 0 saturated carbocycles. The number of ether oxygens (including phenoxy) is 3. The Morgan fingerprint density at radius 1 is 0.355 bits per heavy atom. The summed E-state index contributed by atoms with van der Waals surface area (Å²) in [4.78, 5) is 25.4. The van der Waals surface area contributed by atoms with Crippen LogP contribution in [0.1, 0.15) is 303 Å². The van der Waals surface area contributed by atoms with Gasteiger partial charge in [-0.15, -0.1) is 0 Å². The molecule has 0 aliphatic rings. The zero-order valence-corrected chi connectivity index (χ0v) is 42.2. The third-order valence-electron chi connectivity index (χ3n) is 12.5. The molecule has 0 heterocycles. The average molecular weight is 873 g/mol. The Balaban J connectivity index is 4.11. The van der Waals surface area contributed by atoms with Crippen molar-refractivity contribution < 1.29 is 23.8 Å². The van der Waals surface area contributed by atoms with E-state index in [9.17, 15) is 9.59 Å². The van der Waals surface area contributed by atoms with E-state index in [4.69, 9.17) is 14.2 Å². The Morgan fingerprint density at radius 2 is 0.677 bits per heavy atom. The zero-order valence-electron chi connectivity index (χ0n) is 42.2. The van der Waals surface area contributed by atoms with Crippen LogP contribution >= 0.6 is 0 Å². The minimum Gasteiger partial charge on any atom is -0.462 e. The first kappa shape index (κ1) is 60.4. The van der Waals surface area contributed by atoms with Gasteiger partial charge in [-0.2, -0.15) is 0 Å².